The van der Waals surface area contributed by atoms with Gasteiger partial charge in [-0.2, -0.15) is 0 Å². The number of hydrogen-bond donors (Lipinski definition) is 0. The molecule has 0 saturated heterocycles. The molecule has 0 N–H and O–H groups in total. The maximum atomic E-state index is 2.38. The van der Waals surface area contributed by atoms with Gasteiger partial charge in [-0.1, -0.05) is 96.6 Å². The molecule has 0 aliphatic heterocycles. The van der Waals surface area contributed by atoms with E-state index in [1.807, 2.05) is 0 Å². The number of hydrogen-bond acceptors (Lipinski definition) is 0. The number of benzene rings is 2. The molecule has 2 aromatic rings. The largest absolute Gasteiger partial charge is 0.0686 e. The second-order valence-electron chi connectivity index (χ2n) is 6.36. The summed E-state index contributed by atoms with van der Waals surface area (Å²) in [5.74, 6) is 0. The Bertz CT molecular complexity index is 791. The quantitative estimate of drug-likeness (QED) is 0.662. The Kier molecular flexibility index (Phi) is 3.38. The molecule has 0 heterocycles. The van der Waals surface area contributed by atoms with Crippen LogP contribution < -0.4 is 0 Å². The van der Waals surface area contributed by atoms with Crippen LogP contribution >= 0.6 is 0 Å². The summed E-state index contributed by atoms with van der Waals surface area (Å²) < 4.78 is 0. The zero-order valence-electron chi connectivity index (χ0n) is 13.4. The van der Waals surface area contributed by atoms with E-state index in [9.17, 15) is 0 Å². The van der Waals surface area contributed by atoms with Crippen LogP contribution in [-0.2, 0) is 5.41 Å². The summed E-state index contributed by atoms with van der Waals surface area (Å²) in [7, 11) is 0. The lowest BCUT2D eigenvalue weighted by atomic mass is 9.68. The first-order valence-corrected chi connectivity index (χ1v) is 8.18. The Morgan fingerprint density at radius 2 is 1.39 bits per heavy atom. The van der Waals surface area contributed by atoms with E-state index >= 15 is 0 Å². The Morgan fingerprint density at radius 3 is 2.00 bits per heavy atom. The first-order valence-electron chi connectivity index (χ1n) is 8.18. The molecule has 112 valence electrons. The van der Waals surface area contributed by atoms with Crippen molar-refractivity contribution < 1.29 is 0 Å². The third kappa shape index (κ3) is 2.22. The molecular weight excluding hydrogens is 276 g/mol. The lowest BCUT2D eigenvalue weighted by molar-refractivity contribution is 0.775. The summed E-state index contributed by atoms with van der Waals surface area (Å²) in [6, 6.07) is 21.7. The Morgan fingerprint density at radius 1 is 0.783 bits per heavy atom. The number of rotatable bonds is 2. The third-order valence-corrected chi connectivity index (χ3v) is 4.84. The van der Waals surface area contributed by atoms with E-state index in [1.54, 1.807) is 0 Å². The smallest absolute Gasteiger partial charge is 0.0637 e. The van der Waals surface area contributed by atoms with Gasteiger partial charge in [-0.3, -0.25) is 0 Å². The Balaban J connectivity index is 2.06. The van der Waals surface area contributed by atoms with E-state index in [0.717, 1.165) is 6.42 Å². The van der Waals surface area contributed by atoms with Crippen molar-refractivity contribution in [1.82, 2.24) is 0 Å². The summed E-state index contributed by atoms with van der Waals surface area (Å²) in [5, 5.41) is 0. The molecule has 0 atom stereocenters. The molecule has 0 bridgehead atoms. The second kappa shape index (κ2) is 5.55. The van der Waals surface area contributed by atoms with Crippen molar-refractivity contribution in [3.63, 3.8) is 0 Å². The van der Waals surface area contributed by atoms with Gasteiger partial charge >= 0.3 is 0 Å². The van der Waals surface area contributed by atoms with Gasteiger partial charge in [-0.25, -0.2) is 0 Å². The molecular formula is C23H20. The van der Waals surface area contributed by atoms with Crippen LogP contribution in [0.4, 0.5) is 0 Å². The van der Waals surface area contributed by atoms with Crippen LogP contribution in [0.15, 0.2) is 108 Å². The Hall–Kier alpha value is -2.60. The van der Waals surface area contributed by atoms with Crippen molar-refractivity contribution >= 4 is 0 Å². The molecule has 0 saturated carbocycles. The Labute approximate surface area is 138 Å². The first-order chi connectivity index (χ1) is 11.3. The topological polar surface area (TPSA) is 0 Å². The summed E-state index contributed by atoms with van der Waals surface area (Å²) >= 11 is 0. The highest BCUT2D eigenvalue weighted by Crippen LogP contribution is 2.47. The zero-order valence-corrected chi connectivity index (χ0v) is 13.4. The van der Waals surface area contributed by atoms with E-state index in [4.69, 9.17) is 0 Å². The van der Waals surface area contributed by atoms with Crippen LogP contribution in [0.25, 0.3) is 0 Å². The van der Waals surface area contributed by atoms with Gasteiger partial charge in [0.25, 0.3) is 0 Å². The van der Waals surface area contributed by atoms with Crippen molar-refractivity contribution in [2.24, 2.45) is 0 Å². The summed E-state index contributed by atoms with van der Waals surface area (Å²) in [5.41, 5.74) is 6.72. The highest BCUT2D eigenvalue weighted by molar-refractivity contribution is 5.64. The molecule has 0 amide bonds. The van der Waals surface area contributed by atoms with E-state index < -0.39 is 0 Å². The highest BCUT2D eigenvalue weighted by atomic mass is 14.4. The van der Waals surface area contributed by atoms with Gasteiger partial charge < -0.3 is 0 Å². The van der Waals surface area contributed by atoms with Gasteiger partial charge in [-0.05, 0) is 35.6 Å². The first kappa shape index (κ1) is 14.0. The molecule has 4 rings (SSSR count). The van der Waals surface area contributed by atoms with E-state index in [0.29, 0.717) is 0 Å². The second-order valence-corrected chi connectivity index (χ2v) is 6.36. The maximum absolute atomic E-state index is 2.38. The van der Waals surface area contributed by atoms with E-state index in [-0.39, 0.29) is 5.41 Å². The van der Waals surface area contributed by atoms with Crippen LogP contribution in [-0.4, -0.2) is 0 Å². The van der Waals surface area contributed by atoms with Crippen molar-refractivity contribution in [3.8, 4) is 0 Å². The lowest BCUT2D eigenvalue weighted by Crippen LogP contribution is -2.27. The van der Waals surface area contributed by atoms with Crippen molar-refractivity contribution in [3.05, 3.63) is 119 Å². The van der Waals surface area contributed by atoms with Crippen LogP contribution in [0.1, 0.15) is 24.5 Å². The van der Waals surface area contributed by atoms with E-state index in [2.05, 4.69) is 98.0 Å². The third-order valence-electron chi connectivity index (χ3n) is 4.84. The van der Waals surface area contributed by atoms with E-state index in [1.165, 1.54) is 27.8 Å². The molecule has 2 aromatic carbocycles. The van der Waals surface area contributed by atoms with Crippen molar-refractivity contribution in [1.29, 1.82) is 0 Å². The normalized spacial score (nSPS) is 18.6. The fourth-order valence-electron chi connectivity index (χ4n) is 3.84. The van der Waals surface area contributed by atoms with Crippen molar-refractivity contribution in [2.75, 3.05) is 0 Å². The maximum Gasteiger partial charge on any atom is 0.0637 e. The standard InChI is InChI=1S/C23H20/c1-18-16-19-10-8-9-15-23(22(19)17-18,20-11-4-2-5-12-20)21-13-6-3-7-14-21/h2-15,17H,16H2,1H3. The lowest BCUT2D eigenvalue weighted by Gasteiger charge is -2.34. The molecule has 0 spiro atoms. The molecule has 0 nitrogen and oxygen atoms in total. The average Bonchev–Trinajstić information content (AvgIpc) is 2.89. The van der Waals surface area contributed by atoms with Gasteiger partial charge in [0.05, 0.1) is 5.41 Å². The van der Waals surface area contributed by atoms with Gasteiger partial charge in [-0.15, -0.1) is 0 Å². The molecule has 2 aliphatic carbocycles. The molecule has 0 aromatic heterocycles. The molecule has 0 radical (unpaired) electrons. The monoisotopic (exact) mass is 296 g/mol. The van der Waals surface area contributed by atoms with Gasteiger partial charge in [0.1, 0.15) is 0 Å². The van der Waals surface area contributed by atoms with Crippen LogP contribution in [0.3, 0.4) is 0 Å². The molecule has 0 heteroatoms. The van der Waals surface area contributed by atoms with Crippen LogP contribution in [0.5, 0.6) is 0 Å². The van der Waals surface area contributed by atoms with Gasteiger partial charge in [0.15, 0.2) is 0 Å². The fourth-order valence-corrected chi connectivity index (χ4v) is 3.84. The summed E-state index contributed by atoms with van der Waals surface area (Å²) in [6.45, 7) is 2.23. The summed E-state index contributed by atoms with van der Waals surface area (Å²) in [6.07, 6.45) is 12.4. The molecule has 2 aliphatic rings. The number of allylic oxidation sites excluding steroid dienone is 8. The molecule has 0 unspecified atom stereocenters. The minimum absolute atomic E-state index is 0.209. The molecule has 0 fully saturated rings. The minimum Gasteiger partial charge on any atom is -0.0686 e. The zero-order chi connectivity index (χ0) is 15.7. The predicted molar refractivity (Wildman–Crippen MR) is 97.3 cm³/mol. The highest BCUT2D eigenvalue weighted by Gasteiger charge is 2.38. The average molecular weight is 296 g/mol. The van der Waals surface area contributed by atoms with Crippen LogP contribution in [0.2, 0.25) is 0 Å². The predicted octanol–water partition coefficient (Wildman–Crippen LogP) is 5.75. The SMILES string of the molecule is CC1=CC2=C(C=CC=CC2(c2ccccc2)c2ccccc2)C1. The molecule has 23 heavy (non-hydrogen) atoms. The minimum atomic E-state index is -0.209. The summed E-state index contributed by atoms with van der Waals surface area (Å²) in [4.78, 5) is 0. The van der Waals surface area contributed by atoms with Gasteiger partial charge in [0.2, 0.25) is 0 Å². The van der Waals surface area contributed by atoms with Crippen LogP contribution in [0, 0.1) is 0 Å². The fraction of sp³-hybridized carbons (Fsp3) is 0.130. The van der Waals surface area contributed by atoms with Gasteiger partial charge in [0, 0.05) is 0 Å². The van der Waals surface area contributed by atoms with Crippen molar-refractivity contribution in [2.45, 2.75) is 18.8 Å².